The summed E-state index contributed by atoms with van der Waals surface area (Å²) in [6.07, 6.45) is 1.61. The summed E-state index contributed by atoms with van der Waals surface area (Å²) in [5, 5.41) is -0.215. The number of rotatable bonds is 3. The molecule has 0 aromatic heterocycles. The second-order valence-electron chi connectivity index (χ2n) is 6.08. The molecule has 0 unspecified atom stereocenters. The molecule has 2 aliphatic rings. The summed E-state index contributed by atoms with van der Waals surface area (Å²) in [6.45, 7) is 3.06. The third-order valence-corrected chi connectivity index (χ3v) is 6.60. The van der Waals surface area contributed by atoms with E-state index < -0.39 is 0 Å². The molecule has 3 rings (SSSR count). The van der Waals surface area contributed by atoms with Gasteiger partial charge in [-0.05, 0) is 31.4 Å². The minimum absolute atomic E-state index is 0.0631. The number of amides is 2. The molecule has 1 aromatic rings. The molecule has 2 aliphatic heterocycles. The van der Waals surface area contributed by atoms with Gasteiger partial charge >= 0.3 is 0 Å². The number of benzene rings is 1. The maximum atomic E-state index is 12.7. The lowest BCUT2D eigenvalue weighted by molar-refractivity contribution is -0.134. The monoisotopic (exact) mass is 363 g/mol. The molecule has 0 saturated carbocycles. The third-order valence-electron chi connectivity index (χ3n) is 4.32. The van der Waals surface area contributed by atoms with E-state index in [0.29, 0.717) is 13.1 Å². The molecule has 2 N–H and O–H groups in total. The predicted molar refractivity (Wildman–Crippen MR) is 100 cm³/mol. The fraction of sp³-hybridized carbons (Fsp3) is 0.471. The molecule has 1 saturated heterocycles. The molecular formula is C17H21N3O2S2. The van der Waals surface area contributed by atoms with Gasteiger partial charge in [0.2, 0.25) is 11.8 Å². The molecule has 7 heteroatoms. The number of primary amides is 1. The zero-order chi connectivity index (χ0) is 17.1. The van der Waals surface area contributed by atoms with Crippen molar-refractivity contribution in [1.29, 1.82) is 0 Å². The van der Waals surface area contributed by atoms with Gasteiger partial charge < -0.3 is 10.6 Å². The van der Waals surface area contributed by atoms with Crippen molar-refractivity contribution in [2.75, 3.05) is 13.1 Å². The second-order valence-corrected chi connectivity index (χ2v) is 8.63. The second kappa shape index (κ2) is 7.61. The molecule has 0 aliphatic carbocycles. The van der Waals surface area contributed by atoms with E-state index in [4.69, 9.17) is 5.73 Å². The number of likely N-dealkylation sites (tertiary alicyclic amines) is 1. The molecule has 2 atom stereocenters. The molecule has 24 heavy (non-hydrogen) atoms. The first kappa shape index (κ1) is 17.4. The van der Waals surface area contributed by atoms with E-state index >= 15 is 0 Å². The smallest absolute Gasteiger partial charge is 0.235 e. The van der Waals surface area contributed by atoms with Gasteiger partial charge in [0, 0.05) is 18.8 Å². The third kappa shape index (κ3) is 3.95. The first-order chi connectivity index (χ1) is 11.5. The zero-order valence-corrected chi connectivity index (χ0v) is 15.2. The number of nitrogens with zero attached hydrogens (tertiary/aromatic N) is 2. The van der Waals surface area contributed by atoms with Crippen LogP contribution in [0.25, 0.3) is 0 Å². The average Bonchev–Trinajstić information content (AvgIpc) is 2.61. The van der Waals surface area contributed by atoms with E-state index in [1.165, 1.54) is 17.3 Å². The quantitative estimate of drug-likeness (QED) is 0.896. The normalized spacial score (nSPS) is 21.6. The average molecular weight is 364 g/mol. The van der Waals surface area contributed by atoms with Crippen molar-refractivity contribution in [3.63, 3.8) is 0 Å². The first-order valence-electron chi connectivity index (χ1n) is 8.08. The van der Waals surface area contributed by atoms with Crippen molar-refractivity contribution >= 4 is 45.4 Å². The lowest BCUT2D eigenvalue weighted by Crippen LogP contribution is -2.46. The molecular weight excluding hydrogens is 342 g/mol. The van der Waals surface area contributed by atoms with Gasteiger partial charge in [-0.15, -0.1) is 0 Å². The van der Waals surface area contributed by atoms with Gasteiger partial charge in [-0.1, -0.05) is 41.7 Å². The van der Waals surface area contributed by atoms with Crippen LogP contribution in [0.2, 0.25) is 0 Å². The van der Waals surface area contributed by atoms with E-state index in [0.717, 1.165) is 28.7 Å². The van der Waals surface area contributed by atoms with Crippen molar-refractivity contribution < 1.29 is 9.59 Å². The summed E-state index contributed by atoms with van der Waals surface area (Å²) in [7, 11) is 0. The Labute approximate surface area is 150 Å². The lowest BCUT2D eigenvalue weighted by atomic mass is 9.97. The molecule has 0 bridgehead atoms. The van der Waals surface area contributed by atoms with Gasteiger partial charge in [0.25, 0.3) is 0 Å². The largest absolute Gasteiger partial charge is 0.369 e. The minimum Gasteiger partial charge on any atom is -0.369 e. The lowest BCUT2D eigenvalue weighted by Gasteiger charge is -2.33. The van der Waals surface area contributed by atoms with Crippen LogP contribution < -0.4 is 5.73 Å². The molecule has 0 radical (unpaired) electrons. The van der Waals surface area contributed by atoms with Crippen LogP contribution in [-0.4, -0.2) is 39.4 Å². The number of fused-ring (bicyclic) bond motifs is 1. The Morgan fingerprint density at radius 2 is 2.21 bits per heavy atom. The molecule has 1 aromatic carbocycles. The summed E-state index contributed by atoms with van der Waals surface area (Å²) in [5.41, 5.74) is 7.61. The Bertz CT molecular complexity index is 678. The van der Waals surface area contributed by atoms with Gasteiger partial charge in [0.15, 0.2) is 0 Å². The number of nitrogens with two attached hydrogens (primary N) is 1. The molecule has 5 nitrogen and oxygen atoms in total. The van der Waals surface area contributed by atoms with Crippen LogP contribution in [-0.2, 0) is 15.3 Å². The fourth-order valence-electron chi connectivity index (χ4n) is 2.94. The maximum absolute atomic E-state index is 12.7. The van der Waals surface area contributed by atoms with Crippen LogP contribution >= 0.6 is 23.5 Å². The molecule has 128 valence electrons. The Balaban J connectivity index is 1.63. The van der Waals surface area contributed by atoms with E-state index in [-0.39, 0.29) is 23.0 Å². The van der Waals surface area contributed by atoms with Gasteiger partial charge in [0.05, 0.1) is 16.9 Å². The topological polar surface area (TPSA) is 75.8 Å². The fourth-order valence-corrected chi connectivity index (χ4v) is 5.21. The summed E-state index contributed by atoms with van der Waals surface area (Å²) in [4.78, 5) is 30.5. The molecule has 0 spiro atoms. The highest BCUT2D eigenvalue weighted by Crippen LogP contribution is 2.36. The van der Waals surface area contributed by atoms with Crippen LogP contribution in [0.15, 0.2) is 29.3 Å². The van der Waals surface area contributed by atoms with E-state index in [2.05, 4.69) is 11.1 Å². The number of thioether (sulfide) groups is 2. The summed E-state index contributed by atoms with van der Waals surface area (Å²) in [5.74, 6) is 0.425. The highest BCUT2D eigenvalue weighted by molar-refractivity contribution is 8.39. The summed E-state index contributed by atoms with van der Waals surface area (Å²) >= 11 is 3.17. The molecule has 1 fully saturated rings. The van der Waals surface area contributed by atoms with Crippen molar-refractivity contribution in [2.45, 2.75) is 30.8 Å². The van der Waals surface area contributed by atoms with Crippen LogP contribution in [0, 0.1) is 5.92 Å². The molecule has 2 amide bonds. The Morgan fingerprint density at radius 3 is 3.00 bits per heavy atom. The van der Waals surface area contributed by atoms with Crippen molar-refractivity contribution in [1.82, 2.24) is 4.90 Å². The van der Waals surface area contributed by atoms with Crippen LogP contribution in [0.4, 0.5) is 5.69 Å². The SMILES string of the molecule is C[C@@H](SC1=Nc2ccccc2CS1)C(=O)N1CCC[C@H](C(N)=O)C1. The van der Waals surface area contributed by atoms with Crippen molar-refractivity contribution in [3.8, 4) is 0 Å². The summed E-state index contributed by atoms with van der Waals surface area (Å²) < 4.78 is 0.929. The first-order valence-corrected chi connectivity index (χ1v) is 9.95. The van der Waals surface area contributed by atoms with Gasteiger partial charge in [-0.25, -0.2) is 4.99 Å². The highest BCUT2D eigenvalue weighted by Gasteiger charge is 2.30. The number of piperidine rings is 1. The summed E-state index contributed by atoms with van der Waals surface area (Å²) in [6, 6.07) is 8.08. The van der Waals surface area contributed by atoms with Crippen LogP contribution in [0.1, 0.15) is 25.3 Å². The van der Waals surface area contributed by atoms with E-state index in [1.807, 2.05) is 25.1 Å². The Morgan fingerprint density at radius 1 is 1.42 bits per heavy atom. The zero-order valence-electron chi connectivity index (χ0n) is 13.6. The van der Waals surface area contributed by atoms with Crippen molar-refractivity contribution in [2.24, 2.45) is 16.6 Å². The number of aliphatic imine (C=N–C) groups is 1. The van der Waals surface area contributed by atoms with Crippen molar-refractivity contribution in [3.05, 3.63) is 29.8 Å². The number of para-hydroxylation sites is 1. The number of carbonyl (C=O) groups is 2. The van der Waals surface area contributed by atoms with Crippen LogP contribution in [0.5, 0.6) is 0 Å². The van der Waals surface area contributed by atoms with E-state index in [9.17, 15) is 9.59 Å². The minimum atomic E-state index is -0.309. The number of hydrogen-bond acceptors (Lipinski definition) is 5. The number of carbonyl (C=O) groups excluding carboxylic acids is 2. The number of hydrogen-bond donors (Lipinski definition) is 1. The standard InChI is InChI=1S/C17H21N3O2S2/c1-11(16(22)20-8-4-6-12(9-20)15(18)21)24-17-19-14-7-3-2-5-13(14)10-23-17/h2-3,5,7,11-12H,4,6,8-10H2,1H3,(H2,18,21)/t11-,12+/m1/s1. The highest BCUT2D eigenvalue weighted by atomic mass is 32.2. The maximum Gasteiger partial charge on any atom is 0.235 e. The Hall–Kier alpha value is -1.47. The van der Waals surface area contributed by atoms with Gasteiger partial charge in [-0.2, -0.15) is 0 Å². The Kier molecular flexibility index (Phi) is 5.50. The van der Waals surface area contributed by atoms with Gasteiger partial charge in [0.1, 0.15) is 4.38 Å². The van der Waals surface area contributed by atoms with Crippen LogP contribution in [0.3, 0.4) is 0 Å². The van der Waals surface area contributed by atoms with E-state index in [1.54, 1.807) is 16.7 Å². The predicted octanol–water partition coefficient (Wildman–Crippen LogP) is 2.77. The van der Waals surface area contributed by atoms with Gasteiger partial charge in [-0.3, -0.25) is 9.59 Å². The molecule has 2 heterocycles.